The minimum absolute atomic E-state index is 0.263. The molecule has 0 aromatic heterocycles. The third kappa shape index (κ3) is 3.81. The molecular formula is C12H9F6O4-. The Bertz CT molecular complexity index is 483. The van der Waals surface area contributed by atoms with Crippen molar-refractivity contribution in [3.8, 4) is 5.75 Å². The molecule has 0 aliphatic carbocycles. The van der Waals surface area contributed by atoms with Gasteiger partial charge in [0.15, 0.2) is 5.60 Å². The van der Waals surface area contributed by atoms with Crippen LogP contribution in [-0.4, -0.2) is 37.1 Å². The van der Waals surface area contributed by atoms with Crippen LogP contribution in [0.25, 0.3) is 0 Å². The van der Waals surface area contributed by atoms with Gasteiger partial charge < -0.3 is 14.6 Å². The molecule has 0 radical (unpaired) electrons. The summed E-state index contributed by atoms with van der Waals surface area (Å²) in [6.07, 6.45) is -12.7. The summed E-state index contributed by atoms with van der Waals surface area (Å²) in [4.78, 5) is 10.9. The molecule has 0 aliphatic rings. The first-order valence-corrected chi connectivity index (χ1v) is 5.69. The molecule has 10 heteroatoms. The Kier molecular flexibility index (Phi) is 5.28. The van der Waals surface area contributed by atoms with E-state index in [-0.39, 0.29) is 5.75 Å². The molecule has 0 aliphatic heterocycles. The van der Waals surface area contributed by atoms with E-state index in [2.05, 4.69) is 4.74 Å². The van der Waals surface area contributed by atoms with E-state index in [1.54, 1.807) is 18.2 Å². The predicted molar refractivity (Wildman–Crippen MR) is 57.7 cm³/mol. The predicted octanol–water partition coefficient (Wildman–Crippen LogP) is 1.83. The van der Waals surface area contributed by atoms with Gasteiger partial charge in [0, 0.05) is 0 Å². The first-order valence-electron chi connectivity index (χ1n) is 5.69. The molecule has 1 aromatic carbocycles. The Labute approximate surface area is 120 Å². The molecule has 0 amide bonds. The average Bonchev–Trinajstić information content (AvgIpc) is 2.41. The van der Waals surface area contributed by atoms with Crippen molar-refractivity contribution >= 4 is 5.97 Å². The summed E-state index contributed by atoms with van der Waals surface area (Å²) in [6, 6.07) is 7.70. The van der Waals surface area contributed by atoms with Crippen LogP contribution in [0.1, 0.15) is 0 Å². The standard InChI is InChI=1S/C12H9F6O4/c13-11(14,15)10(20,12(16,17)18)9(19)22-7-6-21-8-4-2-1-3-5-8/h1-5H,6-7H2/q-1. The lowest BCUT2D eigenvalue weighted by Crippen LogP contribution is -2.71. The summed E-state index contributed by atoms with van der Waals surface area (Å²) >= 11 is 0. The molecule has 1 rings (SSSR count). The molecule has 22 heavy (non-hydrogen) atoms. The molecule has 0 saturated carbocycles. The normalized spacial score (nSPS) is 12.9. The molecule has 1 aromatic rings. The van der Waals surface area contributed by atoms with Crippen LogP contribution in [0.3, 0.4) is 0 Å². The second kappa shape index (κ2) is 6.42. The van der Waals surface area contributed by atoms with Gasteiger partial charge in [-0.2, -0.15) is 26.3 Å². The maximum atomic E-state index is 12.3. The topological polar surface area (TPSA) is 58.6 Å². The molecule has 124 valence electrons. The van der Waals surface area contributed by atoms with Crippen molar-refractivity contribution in [2.75, 3.05) is 13.2 Å². The lowest BCUT2D eigenvalue weighted by molar-refractivity contribution is -0.574. The zero-order chi connectivity index (χ0) is 17.0. The van der Waals surface area contributed by atoms with E-state index in [0.717, 1.165) is 0 Å². The van der Waals surface area contributed by atoms with Gasteiger partial charge in [-0.05, 0) is 12.1 Å². The Morgan fingerprint density at radius 3 is 1.91 bits per heavy atom. The highest BCUT2D eigenvalue weighted by Crippen LogP contribution is 2.41. The summed E-state index contributed by atoms with van der Waals surface area (Å²) in [7, 11) is 0. The Hall–Kier alpha value is -1.97. The van der Waals surface area contributed by atoms with Crippen molar-refractivity contribution in [3.63, 3.8) is 0 Å². The minimum Gasteiger partial charge on any atom is -0.828 e. The van der Waals surface area contributed by atoms with Crippen LogP contribution in [0.4, 0.5) is 26.3 Å². The van der Waals surface area contributed by atoms with Crippen LogP contribution in [0, 0.1) is 0 Å². The average molecular weight is 331 g/mol. The largest absolute Gasteiger partial charge is 0.828 e. The molecule has 0 heterocycles. The lowest BCUT2D eigenvalue weighted by Gasteiger charge is -2.40. The molecular weight excluding hydrogens is 322 g/mol. The molecule has 0 spiro atoms. The Morgan fingerprint density at radius 1 is 0.955 bits per heavy atom. The number of carbonyl (C=O) groups is 1. The molecule has 4 nitrogen and oxygen atoms in total. The number of carbonyl (C=O) groups excluding carboxylic acids is 1. The van der Waals surface area contributed by atoms with Gasteiger partial charge in [0.05, 0.1) is 0 Å². The van der Waals surface area contributed by atoms with Crippen LogP contribution < -0.4 is 9.84 Å². The number of para-hydroxylation sites is 1. The van der Waals surface area contributed by atoms with Crippen LogP contribution in [-0.2, 0) is 9.53 Å². The number of benzene rings is 1. The van der Waals surface area contributed by atoms with Gasteiger partial charge in [0.25, 0.3) is 0 Å². The van der Waals surface area contributed by atoms with Gasteiger partial charge in [-0.3, -0.25) is 4.79 Å². The Balaban J connectivity index is 2.62. The maximum Gasteiger partial charge on any atom is 0.399 e. The second-order valence-corrected chi connectivity index (χ2v) is 3.97. The first kappa shape index (κ1) is 18.1. The van der Waals surface area contributed by atoms with Crippen molar-refractivity contribution in [3.05, 3.63) is 30.3 Å². The third-order valence-electron chi connectivity index (χ3n) is 2.41. The van der Waals surface area contributed by atoms with Gasteiger partial charge in [-0.25, -0.2) is 0 Å². The zero-order valence-electron chi connectivity index (χ0n) is 10.7. The van der Waals surface area contributed by atoms with E-state index in [9.17, 15) is 36.2 Å². The van der Waals surface area contributed by atoms with Crippen molar-refractivity contribution < 1.29 is 45.7 Å². The molecule has 0 unspecified atom stereocenters. The fourth-order valence-electron chi connectivity index (χ4n) is 1.30. The third-order valence-corrected chi connectivity index (χ3v) is 2.41. The molecule has 0 fully saturated rings. The highest BCUT2D eigenvalue weighted by molar-refractivity contribution is 5.81. The highest BCUT2D eigenvalue weighted by Gasteiger charge is 2.68. The quantitative estimate of drug-likeness (QED) is 0.469. The minimum atomic E-state index is -6.37. The van der Waals surface area contributed by atoms with Crippen LogP contribution >= 0.6 is 0 Å². The van der Waals surface area contributed by atoms with E-state index in [1.165, 1.54) is 12.1 Å². The zero-order valence-corrected chi connectivity index (χ0v) is 10.7. The fraction of sp³-hybridized carbons (Fsp3) is 0.417. The number of hydrogen-bond acceptors (Lipinski definition) is 4. The second-order valence-electron chi connectivity index (χ2n) is 3.97. The van der Waals surface area contributed by atoms with Gasteiger partial charge in [0.2, 0.25) is 0 Å². The van der Waals surface area contributed by atoms with Crippen molar-refractivity contribution in [1.29, 1.82) is 0 Å². The summed E-state index contributed by atoms with van der Waals surface area (Å²) in [6.45, 7) is -1.45. The van der Waals surface area contributed by atoms with Crippen molar-refractivity contribution in [2.45, 2.75) is 18.0 Å². The molecule has 0 atom stereocenters. The first-order chi connectivity index (χ1) is 10.00. The molecule has 0 N–H and O–H groups in total. The van der Waals surface area contributed by atoms with Gasteiger partial charge in [-0.15, -0.1) is 0 Å². The summed E-state index contributed by atoms with van der Waals surface area (Å²) in [5.41, 5.74) is -5.83. The number of halogens is 6. The van der Waals surface area contributed by atoms with Crippen molar-refractivity contribution in [2.24, 2.45) is 0 Å². The van der Waals surface area contributed by atoms with Crippen LogP contribution in [0.5, 0.6) is 5.75 Å². The van der Waals surface area contributed by atoms with E-state index >= 15 is 0 Å². The number of rotatable bonds is 5. The Morgan fingerprint density at radius 2 is 1.45 bits per heavy atom. The fourth-order valence-corrected chi connectivity index (χ4v) is 1.30. The van der Waals surface area contributed by atoms with Gasteiger partial charge >= 0.3 is 18.3 Å². The van der Waals surface area contributed by atoms with Crippen LogP contribution in [0.2, 0.25) is 0 Å². The number of esters is 1. The molecule has 0 bridgehead atoms. The van der Waals surface area contributed by atoms with E-state index in [1.807, 2.05) is 0 Å². The summed E-state index contributed by atoms with van der Waals surface area (Å²) < 4.78 is 82.2. The summed E-state index contributed by atoms with van der Waals surface area (Å²) in [5.74, 6) is -2.71. The number of alkyl halides is 6. The SMILES string of the molecule is O=C(OCCOc1ccccc1)C([O-])(C(F)(F)F)C(F)(F)F. The van der Waals surface area contributed by atoms with E-state index < -0.39 is 37.1 Å². The summed E-state index contributed by atoms with van der Waals surface area (Å²) in [5, 5.41) is 10.9. The smallest absolute Gasteiger partial charge is 0.399 e. The van der Waals surface area contributed by atoms with E-state index in [4.69, 9.17) is 4.74 Å². The van der Waals surface area contributed by atoms with Gasteiger partial charge in [0.1, 0.15) is 19.0 Å². The van der Waals surface area contributed by atoms with Gasteiger partial charge in [-0.1, -0.05) is 18.2 Å². The molecule has 0 saturated heterocycles. The lowest BCUT2D eigenvalue weighted by atomic mass is 10.0. The maximum absolute atomic E-state index is 12.3. The van der Waals surface area contributed by atoms with E-state index in [0.29, 0.717) is 0 Å². The number of hydrogen-bond donors (Lipinski definition) is 0. The monoisotopic (exact) mass is 331 g/mol. The number of ether oxygens (including phenoxy) is 2. The van der Waals surface area contributed by atoms with Crippen LogP contribution in [0.15, 0.2) is 30.3 Å². The van der Waals surface area contributed by atoms with Crippen molar-refractivity contribution in [1.82, 2.24) is 0 Å². The highest BCUT2D eigenvalue weighted by atomic mass is 19.4.